The highest BCUT2D eigenvalue weighted by Crippen LogP contribution is 1.88. The van der Waals surface area contributed by atoms with Crippen LogP contribution in [0.15, 0.2) is 29.1 Å². The van der Waals surface area contributed by atoms with Crippen LogP contribution in [-0.4, -0.2) is 22.6 Å². The van der Waals surface area contributed by atoms with Crippen molar-refractivity contribution in [3.8, 4) is 0 Å². The van der Waals surface area contributed by atoms with Crippen molar-refractivity contribution in [3.63, 3.8) is 0 Å². The monoisotopic (exact) mass is 207 g/mol. The van der Waals surface area contributed by atoms with E-state index >= 15 is 0 Å². The van der Waals surface area contributed by atoms with Gasteiger partial charge in [0.15, 0.2) is 0 Å². The number of carbonyl (C=O) groups excluding carboxylic acids is 1. The Hall–Kier alpha value is -1.91. The van der Waals surface area contributed by atoms with Gasteiger partial charge in [-0.25, -0.2) is 5.10 Å². The van der Waals surface area contributed by atoms with Gasteiger partial charge >= 0.3 is 0 Å². The van der Waals surface area contributed by atoms with E-state index in [2.05, 4.69) is 15.5 Å². The number of aromatic amines is 1. The van der Waals surface area contributed by atoms with Crippen LogP contribution >= 0.6 is 0 Å². The number of allylic oxidation sites excluding steroid dienone is 1. The minimum Gasteiger partial charge on any atom is -0.350 e. The summed E-state index contributed by atoms with van der Waals surface area (Å²) >= 11 is 0. The lowest BCUT2D eigenvalue weighted by molar-refractivity contribution is 0.0948. The summed E-state index contributed by atoms with van der Waals surface area (Å²) < 4.78 is 0. The lowest BCUT2D eigenvalue weighted by Gasteiger charge is -2.01. The first-order valence-electron chi connectivity index (χ1n) is 4.69. The predicted molar refractivity (Wildman–Crippen MR) is 56.6 cm³/mol. The molecule has 0 aromatic carbocycles. The zero-order valence-corrected chi connectivity index (χ0v) is 8.49. The summed E-state index contributed by atoms with van der Waals surface area (Å²) in [5.74, 6) is -0.282. The minimum atomic E-state index is -0.319. The average Bonchev–Trinajstić information content (AvgIpc) is 2.25. The maximum atomic E-state index is 11.4. The molecule has 1 rings (SSSR count). The van der Waals surface area contributed by atoms with E-state index in [9.17, 15) is 9.59 Å². The normalized spacial score (nSPS) is 10.5. The Balaban J connectivity index is 2.47. The summed E-state index contributed by atoms with van der Waals surface area (Å²) in [6, 6.07) is 2.66. The fourth-order valence-corrected chi connectivity index (χ4v) is 0.997. The zero-order chi connectivity index (χ0) is 11.1. The molecule has 0 radical (unpaired) electrons. The quantitative estimate of drug-likeness (QED) is 0.556. The molecule has 0 bridgehead atoms. The molecular weight excluding hydrogens is 194 g/mol. The Morgan fingerprint density at radius 1 is 1.60 bits per heavy atom. The van der Waals surface area contributed by atoms with Gasteiger partial charge in [0.2, 0.25) is 0 Å². The van der Waals surface area contributed by atoms with Crippen LogP contribution in [0.25, 0.3) is 0 Å². The lowest BCUT2D eigenvalue weighted by atomic mass is 10.3. The SMILES string of the molecule is C/C=C/CCNC(=O)c1ccc(=O)[nH]n1. The summed E-state index contributed by atoms with van der Waals surface area (Å²) in [4.78, 5) is 22.1. The van der Waals surface area contributed by atoms with Crippen molar-refractivity contribution in [2.75, 3.05) is 6.54 Å². The van der Waals surface area contributed by atoms with Gasteiger partial charge in [-0.05, 0) is 19.4 Å². The highest BCUT2D eigenvalue weighted by molar-refractivity contribution is 5.91. The zero-order valence-electron chi connectivity index (χ0n) is 8.49. The number of nitrogens with one attached hydrogen (secondary N) is 2. The summed E-state index contributed by atoms with van der Waals surface area (Å²) in [6.07, 6.45) is 4.66. The molecule has 1 aromatic heterocycles. The van der Waals surface area contributed by atoms with Crippen molar-refractivity contribution in [1.82, 2.24) is 15.5 Å². The second-order valence-corrected chi connectivity index (χ2v) is 2.92. The molecule has 15 heavy (non-hydrogen) atoms. The molecule has 1 heterocycles. The Labute approximate surface area is 87.2 Å². The molecule has 1 aromatic rings. The highest BCUT2D eigenvalue weighted by Gasteiger charge is 2.04. The number of rotatable bonds is 4. The van der Waals surface area contributed by atoms with Crippen LogP contribution in [0.5, 0.6) is 0 Å². The van der Waals surface area contributed by atoms with Crippen LogP contribution in [-0.2, 0) is 0 Å². The molecule has 80 valence electrons. The van der Waals surface area contributed by atoms with Gasteiger partial charge < -0.3 is 5.32 Å². The van der Waals surface area contributed by atoms with Gasteiger partial charge in [-0.1, -0.05) is 12.2 Å². The molecule has 5 nitrogen and oxygen atoms in total. The molecule has 0 fully saturated rings. The second-order valence-electron chi connectivity index (χ2n) is 2.92. The first-order chi connectivity index (χ1) is 7.24. The van der Waals surface area contributed by atoms with Crippen molar-refractivity contribution < 1.29 is 4.79 Å². The minimum absolute atomic E-state index is 0.218. The molecule has 0 aliphatic heterocycles. The van der Waals surface area contributed by atoms with Crippen molar-refractivity contribution in [3.05, 3.63) is 40.3 Å². The fraction of sp³-hybridized carbons (Fsp3) is 0.300. The summed E-state index contributed by atoms with van der Waals surface area (Å²) in [7, 11) is 0. The third kappa shape index (κ3) is 3.76. The smallest absolute Gasteiger partial charge is 0.271 e. The molecule has 0 saturated heterocycles. The van der Waals surface area contributed by atoms with Gasteiger partial charge in [-0.15, -0.1) is 0 Å². The third-order valence-corrected chi connectivity index (χ3v) is 1.74. The molecular formula is C10H13N3O2. The van der Waals surface area contributed by atoms with Crippen molar-refractivity contribution in [2.45, 2.75) is 13.3 Å². The van der Waals surface area contributed by atoms with Crippen molar-refractivity contribution in [1.29, 1.82) is 0 Å². The van der Waals surface area contributed by atoms with Gasteiger partial charge in [0.05, 0.1) is 0 Å². The van der Waals surface area contributed by atoms with Crippen LogP contribution in [0.1, 0.15) is 23.8 Å². The maximum absolute atomic E-state index is 11.4. The molecule has 0 spiro atoms. The van der Waals surface area contributed by atoms with E-state index in [-0.39, 0.29) is 17.2 Å². The first-order valence-corrected chi connectivity index (χ1v) is 4.69. The number of hydrogen-bond donors (Lipinski definition) is 2. The average molecular weight is 207 g/mol. The molecule has 5 heteroatoms. The Morgan fingerprint density at radius 3 is 3.00 bits per heavy atom. The van der Waals surface area contributed by atoms with Gasteiger partial charge in [0.1, 0.15) is 5.69 Å². The summed E-state index contributed by atoms with van der Waals surface area (Å²) in [5.41, 5.74) is -0.101. The van der Waals surface area contributed by atoms with Crippen LogP contribution < -0.4 is 10.9 Å². The molecule has 0 aliphatic rings. The Bertz CT molecular complexity index is 389. The topological polar surface area (TPSA) is 74.8 Å². The molecule has 1 amide bonds. The standard InChI is InChI=1S/C10H13N3O2/c1-2-3-4-7-11-10(15)8-5-6-9(14)13-12-8/h2-3,5-6H,4,7H2,1H3,(H,11,15)(H,13,14)/b3-2+. The van der Waals surface area contributed by atoms with E-state index in [0.717, 1.165) is 6.42 Å². The third-order valence-electron chi connectivity index (χ3n) is 1.74. The second kappa shape index (κ2) is 5.74. The Morgan fingerprint density at radius 2 is 2.40 bits per heavy atom. The van der Waals surface area contributed by atoms with Gasteiger partial charge in [-0.3, -0.25) is 9.59 Å². The van der Waals surface area contributed by atoms with Crippen LogP contribution in [0.3, 0.4) is 0 Å². The van der Waals surface area contributed by atoms with E-state index in [0.29, 0.717) is 6.54 Å². The lowest BCUT2D eigenvalue weighted by Crippen LogP contribution is -2.26. The molecule has 0 saturated carbocycles. The van der Waals surface area contributed by atoms with Gasteiger partial charge in [0.25, 0.3) is 11.5 Å². The van der Waals surface area contributed by atoms with Crippen molar-refractivity contribution >= 4 is 5.91 Å². The fourth-order valence-electron chi connectivity index (χ4n) is 0.997. The van der Waals surface area contributed by atoms with Crippen LogP contribution in [0, 0.1) is 0 Å². The van der Waals surface area contributed by atoms with Gasteiger partial charge in [0, 0.05) is 12.6 Å². The number of carbonyl (C=O) groups is 1. The van der Waals surface area contributed by atoms with E-state index in [1.54, 1.807) is 0 Å². The number of amides is 1. The van der Waals surface area contributed by atoms with E-state index in [4.69, 9.17) is 0 Å². The van der Waals surface area contributed by atoms with E-state index in [1.807, 2.05) is 19.1 Å². The molecule has 0 unspecified atom stereocenters. The Kier molecular flexibility index (Phi) is 4.28. The summed E-state index contributed by atoms with van der Waals surface area (Å²) in [5, 5.41) is 8.49. The molecule has 2 N–H and O–H groups in total. The summed E-state index contributed by atoms with van der Waals surface area (Å²) in [6.45, 7) is 2.48. The number of hydrogen-bond acceptors (Lipinski definition) is 3. The predicted octanol–water partition coefficient (Wildman–Crippen LogP) is 0.466. The molecule has 0 atom stereocenters. The van der Waals surface area contributed by atoms with Gasteiger partial charge in [-0.2, -0.15) is 5.10 Å². The maximum Gasteiger partial charge on any atom is 0.271 e. The molecule has 0 aliphatic carbocycles. The number of aromatic nitrogens is 2. The number of nitrogens with zero attached hydrogens (tertiary/aromatic N) is 1. The van der Waals surface area contributed by atoms with Crippen molar-refractivity contribution in [2.24, 2.45) is 0 Å². The van der Waals surface area contributed by atoms with Crippen LogP contribution in [0.4, 0.5) is 0 Å². The largest absolute Gasteiger partial charge is 0.350 e. The number of H-pyrrole nitrogens is 1. The van der Waals surface area contributed by atoms with E-state index < -0.39 is 0 Å². The van der Waals surface area contributed by atoms with E-state index in [1.165, 1.54) is 12.1 Å². The van der Waals surface area contributed by atoms with Crippen LogP contribution in [0.2, 0.25) is 0 Å². The first kappa shape index (κ1) is 11.2. The highest BCUT2D eigenvalue weighted by atomic mass is 16.2.